The number of esters is 1. The van der Waals surface area contributed by atoms with Crippen LogP contribution in [0.2, 0.25) is 0 Å². The van der Waals surface area contributed by atoms with Crippen molar-refractivity contribution in [3.05, 3.63) is 22.5 Å². The Hall–Kier alpha value is -2.31. The van der Waals surface area contributed by atoms with Crippen LogP contribution < -0.4 is 10.6 Å². The highest BCUT2D eigenvalue weighted by Gasteiger charge is 2.22. The van der Waals surface area contributed by atoms with Gasteiger partial charge in [-0.1, -0.05) is 0 Å². The van der Waals surface area contributed by atoms with Gasteiger partial charge in [0.25, 0.3) is 5.91 Å². The van der Waals surface area contributed by atoms with E-state index in [1.807, 2.05) is 0 Å². The zero-order valence-corrected chi connectivity index (χ0v) is 12.8. The van der Waals surface area contributed by atoms with Crippen LogP contribution in [0.3, 0.4) is 0 Å². The lowest BCUT2D eigenvalue weighted by atomic mass is 10.1. The first-order valence-electron chi connectivity index (χ1n) is 6.77. The molecule has 0 aromatic carbocycles. The smallest absolute Gasteiger partial charge is 0.340 e. The molecule has 0 bridgehead atoms. The Balaban J connectivity index is 2.75. The molecule has 0 aliphatic carbocycles. The molecular formula is C14H21N3O4. The van der Waals surface area contributed by atoms with E-state index in [1.54, 1.807) is 20.8 Å². The summed E-state index contributed by atoms with van der Waals surface area (Å²) in [7, 11) is 0. The minimum Gasteiger partial charge on any atom is -0.462 e. The van der Waals surface area contributed by atoms with Crippen LogP contribution in [0.1, 0.15) is 46.0 Å². The molecule has 116 valence electrons. The van der Waals surface area contributed by atoms with Crippen LogP contribution in [0, 0.1) is 13.8 Å². The van der Waals surface area contributed by atoms with E-state index in [1.165, 1.54) is 6.92 Å². The number of rotatable bonds is 6. The highest BCUT2D eigenvalue weighted by Crippen LogP contribution is 2.18. The van der Waals surface area contributed by atoms with Gasteiger partial charge in [0.2, 0.25) is 5.91 Å². The van der Waals surface area contributed by atoms with Crippen molar-refractivity contribution in [3.63, 3.8) is 0 Å². The second-order valence-electron chi connectivity index (χ2n) is 4.58. The Morgan fingerprint density at radius 2 is 1.76 bits per heavy atom. The van der Waals surface area contributed by atoms with E-state index in [4.69, 9.17) is 4.74 Å². The van der Waals surface area contributed by atoms with Gasteiger partial charge in [-0.3, -0.25) is 9.59 Å². The van der Waals surface area contributed by atoms with Gasteiger partial charge in [0.05, 0.1) is 12.2 Å². The van der Waals surface area contributed by atoms with E-state index in [0.29, 0.717) is 35.6 Å². The molecule has 1 aromatic rings. The Kier molecular flexibility index (Phi) is 5.95. The third-order valence-corrected chi connectivity index (χ3v) is 2.93. The first-order valence-corrected chi connectivity index (χ1v) is 6.77. The molecule has 7 heteroatoms. The Morgan fingerprint density at radius 3 is 2.33 bits per heavy atom. The maximum absolute atomic E-state index is 12.0. The molecule has 1 rings (SSSR count). The lowest BCUT2D eigenvalue weighted by Gasteiger charge is -2.05. The molecule has 0 aliphatic heterocycles. The van der Waals surface area contributed by atoms with Crippen molar-refractivity contribution in [2.24, 2.45) is 0 Å². The molecule has 0 radical (unpaired) electrons. The summed E-state index contributed by atoms with van der Waals surface area (Å²) in [5, 5.41) is 5.25. The highest BCUT2D eigenvalue weighted by molar-refractivity contribution is 6.00. The Bertz CT molecular complexity index is 549. The maximum Gasteiger partial charge on any atom is 0.340 e. The molecule has 0 atom stereocenters. The molecule has 0 saturated heterocycles. The normalized spacial score (nSPS) is 10.1. The van der Waals surface area contributed by atoms with Gasteiger partial charge in [-0.25, -0.2) is 4.79 Å². The molecule has 1 heterocycles. The van der Waals surface area contributed by atoms with E-state index in [2.05, 4.69) is 15.6 Å². The fourth-order valence-electron chi connectivity index (χ4n) is 1.99. The quantitative estimate of drug-likeness (QED) is 0.530. The molecule has 0 unspecified atom stereocenters. The molecule has 0 fully saturated rings. The molecule has 21 heavy (non-hydrogen) atoms. The largest absolute Gasteiger partial charge is 0.462 e. The molecule has 0 spiro atoms. The number of hydrogen-bond donors (Lipinski definition) is 3. The van der Waals surface area contributed by atoms with E-state index in [0.717, 1.165) is 0 Å². The van der Waals surface area contributed by atoms with Gasteiger partial charge in [0.15, 0.2) is 0 Å². The summed E-state index contributed by atoms with van der Waals surface area (Å²) in [6.07, 6.45) is 0. The fourth-order valence-corrected chi connectivity index (χ4v) is 1.99. The van der Waals surface area contributed by atoms with Crippen molar-refractivity contribution >= 4 is 17.8 Å². The number of amides is 2. The molecule has 1 aromatic heterocycles. The Labute approximate surface area is 123 Å². The number of H-pyrrole nitrogens is 1. The number of aromatic nitrogens is 1. The number of ether oxygens (including phenoxy) is 1. The summed E-state index contributed by atoms with van der Waals surface area (Å²) in [6.45, 7) is 7.49. The highest BCUT2D eigenvalue weighted by atomic mass is 16.5. The van der Waals surface area contributed by atoms with Gasteiger partial charge in [-0.2, -0.15) is 0 Å². The van der Waals surface area contributed by atoms with Crippen molar-refractivity contribution < 1.29 is 19.1 Å². The summed E-state index contributed by atoms with van der Waals surface area (Å²) in [5.74, 6) is -0.918. The molecule has 2 amide bonds. The summed E-state index contributed by atoms with van der Waals surface area (Å²) in [4.78, 5) is 37.5. The molecule has 0 saturated carbocycles. The van der Waals surface area contributed by atoms with Crippen LogP contribution in [0.5, 0.6) is 0 Å². The summed E-state index contributed by atoms with van der Waals surface area (Å²) in [5.41, 5.74) is 1.88. The zero-order valence-electron chi connectivity index (χ0n) is 12.8. The van der Waals surface area contributed by atoms with E-state index < -0.39 is 5.97 Å². The average molecular weight is 295 g/mol. The molecule has 3 N–H and O–H groups in total. The average Bonchev–Trinajstić information content (AvgIpc) is 2.70. The van der Waals surface area contributed by atoms with Gasteiger partial charge in [0.1, 0.15) is 5.69 Å². The van der Waals surface area contributed by atoms with Crippen LogP contribution in [-0.4, -0.2) is 42.5 Å². The zero-order chi connectivity index (χ0) is 16.0. The van der Waals surface area contributed by atoms with Gasteiger partial charge < -0.3 is 20.4 Å². The van der Waals surface area contributed by atoms with E-state index in [-0.39, 0.29) is 18.4 Å². The SMILES string of the molecule is CCOC(=O)c1c(C)[nH]c(C(=O)NCCNC(C)=O)c1C. The summed E-state index contributed by atoms with van der Waals surface area (Å²) >= 11 is 0. The Morgan fingerprint density at radius 1 is 1.14 bits per heavy atom. The van der Waals surface area contributed by atoms with Crippen molar-refractivity contribution in [3.8, 4) is 0 Å². The third-order valence-electron chi connectivity index (χ3n) is 2.93. The lowest BCUT2D eigenvalue weighted by molar-refractivity contribution is -0.118. The van der Waals surface area contributed by atoms with Crippen molar-refractivity contribution in [1.82, 2.24) is 15.6 Å². The van der Waals surface area contributed by atoms with Gasteiger partial charge in [-0.15, -0.1) is 0 Å². The standard InChI is InChI=1S/C14H21N3O4/c1-5-21-14(20)11-8(2)12(17-9(11)3)13(19)16-7-6-15-10(4)18/h17H,5-7H2,1-4H3,(H,15,18)(H,16,19). The number of nitrogens with one attached hydrogen (secondary N) is 3. The number of aryl methyl sites for hydroxylation is 1. The number of hydrogen-bond acceptors (Lipinski definition) is 4. The first kappa shape index (κ1) is 16.7. The summed E-state index contributed by atoms with van der Waals surface area (Å²) < 4.78 is 4.97. The number of aromatic amines is 1. The van der Waals surface area contributed by atoms with Gasteiger partial charge in [0, 0.05) is 25.7 Å². The van der Waals surface area contributed by atoms with Crippen LogP contribution in [0.15, 0.2) is 0 Å². The molecule has 7 nitrogen and oxygen atoms in total. The number of carbonyl (C=O) groups is 3. The summed E-state index contributed by atoms with van der Waals surface area (Å²) in [6, 6.07) is 0. The van der Waals surface area contributed by atoms with Gasteiger partial charge >= 0.3 is 5.97 Å². The fraction of sp³-hybridized carbons (Fsp3) is 0.500. The van der Waals surface area contributed by atoms with Crippen LogP contribution >= 0.6 is 0 Å². The third kappa shape index (κ3) is 4.34. The monoisotopic (exact) mass is 295 g/mol. The maximum atomic E-state index is 12.0. The predicted octanol–water partition coefficient (Wildman–Crippen LogP) is 0.674. The van der Waals surface area contributed by atoms with Crippen LogP contribution in [0.4, 0.5) is 0 Å². The molecular weight excluding hydrogens is 274 g/mol. The topological polar surface area (TPSA) is 100 Å². The molecule has 0 aliphatic rings. The second kappa shape index (κ2) is 7.47. The predicted molar refractivity (Wildman–Crippen MR) is 77.2 cm³/mol. The van der Waals surface area contributed by atoms with Crippen LogP contribution in [-0.2, 0) is 9.53 Å². The minimum atomic E-state index is -0.443. The van der Waals surface area contributed by atoms with Crippen molar-refractivity contribution in [2.45, 2.75) is 27.7 Å². The second-order valence-corrected chi connectivity index (χ2v) is 4.58. The van der Waals surface area contributed by atoms with Gasteiger partial charge in [-0.05, 0) is 26.3 Å². The van der Waals surface area contributed by atoms with Crippen molar-refractivity contribution in [1.29, 1.82) is 0 Å². The number of carbonyl (C=O) groups excluding carboxylic acids is 3. The first-order chi connectivity index (χ1) is 9.88. The van der Waals surface area contributed by atoms with E-state index >= 15 is 0 Å². The van der Waals surface area contributed by atoms with Crippen molar-refractivity contribution in [2.75, 3.05) is 19.7 Å². The van der Waals surface area contributed by atoms with E-state index in [9.17, 15) is 14.4 Å². The minimum absolute atomic E-state index is 0.152. The lowest BCUT2D eigenvalue weighted by Crippen LogP contribution is -2.34. The van der Waals surface area contributed by atoms with Crippen LogP contribution in [0.25, 0.3) is 0 Å².